The summed E-state index contributed by atoms with van der Waals surface area (Å²) in [4.78, 5) is 11.4. The van der Waals surface area contributed by atoms with E-state index < -0.39 is 0 Å². The van der Waals surface area contributed by atoms with Crippen LogP contribution in [0.25, 0.3) is 22.2 Å². The number of hydrogen-bond donors (Lipinski definition) is 2. The predicted molar refractivity (Wildman–Crippen MR) is 71.4 cm³/mol. The Balaban J connectivity index is 2.27. The molecule has 3 N–H and O–H groups in total. The molecule has 0 fully saturated rings. The molecule has 2 heterocycles. The zero-order chi connectivity index (χ0) is 11.8. The van der Waals surface area contributed by atoms with Crippen molar-refractivity contribution in [3.8, 4) is 11.1 Å². The fraction of sp³-hybridized carbons (Fsp3) is 0. The summed E-state index contributed by atoms with van der Waals surface area (Å²) in [7, 11) is 0. The predicted octanol–water partition coefficient (Wildman–Crippen LogP) is 2.97. The molecule has 0 aliphatic heterocycles. The fourth-order valence-electron chi connectivity index (χ4n) is 1.80. The van der Waals surface area contributed by atoms with Gasteiger partial charge in [0.2, 0.25) is 5.95 Å². The molecule has 0 saturated heterocycles. The third-order valence-corrected chi connectivity index (χ3v) is 3.06. The molecule has 1 aromatic carbocycles. The average Bonchev–Trinajstić information content (AvgIpc) is 2.71. The van der Waals surface area contributed by atoms with Gasteiger partial charge in [-0.1, -0.05) is 28.1 Å². The molecule has 0 unspecified atom stereocenters. The quantitative estimate of drug-likeness (QED) is 0.723. The second kappa shape index (κ2) is 3.85. The minimum atomic E-state index is 0.286. The third kappa shape index (κ3) is 1.78. The van der Waals surface area contributed by atoms with Crippen LogP contribution in [0, 0.1) is 0 Å². The maximum atomic E-state index is 5.61. The van der Waals surface area contributed by atoms with Crippen molar-refractivity contribution in [3.63, 3.8) is 0 Å². The molecule has 0 aliphatic carbocycles. The molecular weight excluding hydrogens is 280 g/mol. The third-order valence-electron chi connectivity index (χ3n) is 2.57. The number of hydrogen-bond acceptors (Lipinski definition) is 3. The summed E-state index contributed by atoms with van der Waals surface area (Å²) in [5.41, 5.74) is 9.45. The van der Waals surface area contributed by atoms with Crippen molar-refractivity contribution >= 4 is 32.9 Å². The van der Waals surface area contributed by atoms with Crippen molar-refractivity contribution in [2.45, 2.75) is 0 Å². The van der Waals surface area contributed by atoms with Crippen molar-refractivity contribution < 1.29 is 0 Å². The molecule has 0 saturated carbocycles. The van der Waals surface area contributed by atoms with Crippen molar-refractivity contribution in [2.24, 2.45) is 0 Å². The first-order valence-electron chi connectivity index (χ1n) is 5.09. The Labute approximate surface area is 106 Å². The van der Waals surface area contributed by atoms with Crippen LogP contribution in [0.5, 0.6) is 0 Å². The van der Waals surface area contributed by atoms with Gasteiger partial charge in [0.1, 0.15) is 5.52 Å². The van der Waals surface area contributed by atoms with E-state index in [1.54, 1.807) is 6.20 Å². The lowest BCUT2D eigenvalue weighted by Gasteiger charge is -2.00. The molecule has 2 aromatic heterocycles. The zero-order valence-electron chi connectivity index (χ0n) is 8.81. The van der Waals surface area contributed by atoms with E-state index in [-0.39, 0.29) is 5.95 Å². The Hall–Kier alpha value is -1.88. The highest BCUT2D eigenvalue weighted by atomic mass is 79.9. The summed E-state index contributed by atoms with van der Waals surface area (Å²) < 4.78 is 1.03. The molecule has 3 aromatic rings. The van der Waals surface area contributed by atoms with Gasteiger partial charge in [0.05, 0.1) is 11.7 Å². The SMILES string of the molecule is Nc1ncc2[nH]cc(-c3cccc(Br)c3)c2n1. The Bertz CT molecular complexity index is 690. The van der Waals surface area contributed by atoms with E-state index in [0.29, 0.717) is 0 Å². The summed E-state index contributed by atoms with van der Waals surface area (Å²) >= 11 is 3.46. The molecule has 5 heteroatoms. The van der Waals surface area contributed by atoms with Gasteiger partial charge in [-0.15, -0.1) is 0 Å². The monoisotopic (exact) mass is 288 g/mol. The van der Waals surface area contributed by atoms with E-state index in [0.717, 1.165) is 26.6 Å². The van der Waals surface area contributed by atoms with Crippen LogP contribution in [0.4, 0.5) is 5.95 Å². The van der Waals surface area contributed by atoms with Crippen LogP contribution in [0.1, 0.15) is 0 Å². The van der Waals surface area contributed by atoms with Crippen LogP contribution in [0.15, 0.2) is 41.1 Å². The Kier molecular flexibility index (Phi) is 2.33. The fourth-order valence-corrected chi connectivity index (χ4v) is 2.20. The van der Waals surface area contributed by atoms with Crippen molar-refractivity contribution in [1.82, 2.24) is 15.0 Å². The molecular formula is C12H9BrN4. The van der Waals surface area contributed by atoms with E-state index in [1.165, 1.54) is 0 Å². The molecule has 17 heavy (non-hydrogen) atoms. The first-order chi connectivity index (χ1) is 8.24. The molecule has 0 radical (unpaired) electrons. The number of aromatic amines is 1. The summed E-state index contributed by atoms with van der Waals surface area (Å²) in [5.74, 6) is 0.286. The Morgan fingerprint density at radius 2 is 2.18 bits per heavy atom. The van der Waals surface area contributed by atoms with E-state index in [4.69, 9.17) is 5.73 Å². The number of anilines is 1. The van der Waals surface area contributed by atoms with Gasteiger partial charge >= 0.3 is 0 Å². The number of benzene rings is 1. The second-order valence-electron chi connectivity index (χ2n) is 3.70. The Morgan fingerprint density at radius 1 is 1.29 bits per heavy atom. The van der Waals surface area contributed by atoms with Crippen LogP contribution in [0.2, 0.25) is 0 Å². The largest absolute Gasteiger partial charge is 0.368 e. The number of H-pyrrole nitrogens is 1. The molecule has 0 aliphatic rings. The van der Waals surface area contributed by atoms with E-state index in [1.807, 2.05) is 30.5 Å². The van der Waals surface area contributed by atoms with Gasteiger partial charge in [-0.2, -0.15) is 0 Å². The van der Waals surface area contributed by atoms with Crippen molar-refractivity contribution in [3.05, 3.63) is 41.1 Å². The number of nitrogens with zero attached hydrogens (tertiary/aromatic N) is 2. The van der Waals surface area contributed by atoms with Crippen molar-refractivity contribution in [1.29, 1.82) is 0 Å². The van der Waals surface area contributed by atoms with Gasteiger partial charge in [-0.05, 0) is 17.7 Å². The molecule has 0 amide bonds. The van der Waals surface area contributed by atoms with Crippen LogP contribution < -0.4 is 5.73 Å². The smallest absolute Gasteiger partial charge is 0.220 e. The number of halogens is 1. The Morgan fingerprint density at radius 3 is 3.00 bits per heavy atom. The molecule has 4 nitrogen and oxygen atoms in total. The van der Waals surface area contributed by atoms with Gasteiger partial charge in [-0.3, -0.25) is 0 Å². The van der Waals surface area contributed by atoms with E-state index in [9.17, 15) is 0 Å². The average molecular weight is 289 g/mol. The van der Waals surface area contributed by atoms with Crippen LogP contribution in [-0.4, -0.2) is 15.0 Å². The number of nitrogens with two attached hydrogens (primary N) is 1. The number of fused-ring (bicyclic) bond motifs is 1. The number of nitrogen functional groups attached to an aromatic ring is 1. The molecule has 0 atom stereocenters. The summed E-state index contributed by atoms with van der Waals surface area (Å²) in [6, 6.07) is 8.05. The topological polar surface area (TPSA) is 67.6 Å². The number of nitrogens with one attached hydrogen (secondary N) is 1. The molecule has 84 valence electrons. The maximum absolute atomic E-state index is 5.61. The lowest BCUT2D eigenvalue weighted by molar-refractivity contribution is 1.23. The van der Waals surface area contributed by atoms with Gasteiger partial charge < -0.3 is 10.7 Å². The summed E-state index contributed by atoms with van der Waals surface area (Å²) in [5, 5.41) is 0. The lowest BCUT2D eigenvalue weighted by Crippen LogP contribution is -1.93. The highest BCUT2D eigenvalue weighted by Gasteiger charge is 2.08. The molecule has 3 rings (SSSR count). The van der Waals surface area contributed by atoms with Gasteiger partial charge in [0.15, 0.2) is 0 Å². The second-order valence-corrected chi connectivity index (χ2v) is 4.62. The lowest BCUT2D eigenvalue weighted by atomic mass is 10.1. The summed E-state index contributed by atoms with van der Waals surface area (Å²) in [6.07, 6.45) is 3.61. The van der Waals surface area contributed by atoms with Crippen molar-refractivity contribution in [2.75, 3.05) is 5.73 Å². The van der Waals surface area contributed by atoms with Crippen LogP contribution in [-0.2, 0) is 0 Å². The summed E-state index contributed by atoms with van der Waals surface area (Å²) in [6.45, 7) is 0. The van der Waals surface area contributed by atoms with Gasteiger partial charge in [0.25, 0.3) is 0 Å². The standard InChI is InChI=1S/C12H9BrN4/c13-8-3-1-2-7(4-8)9-5-15-10-6-16-12(14)17-11(9)10/h1-6,15H,(H2,14,16,17). The maximum Gasteiger partial charge on any atom is 0.220 e. The number of rotatable bonds is 1. The minimum Gasteiger partial charge on any atom is -0.368 e. The van der Waals surface area contributed by atoms with E-state index in [2.05, 4.69) is 30.9 Å². The normalized spacial score (nSPS) is 10.9. The van der Waals surface area contributed by atoms with Crippen LogP contribution >= 0.6 is 15.9 Å². The van der Waals surface area contributed by atoms with Gasteiger partial charge in [0, 0.05) is 16.2 Å². The first kappa shape index (κ1) is 10.3. The zero-order valence-corrected chi connectivity index (χ0v) is 10.4. The number of aromatic nitrogens is 3. The highest BCUT2D eigenvalue weighted by Crippen LogP contribution is 2.28. The minimum absolute atomic E-state index is 0.286. The molecule has 0 bridgehead atoms. The van der Waals surface area contributed by atoms with Crippen LogP contribution in [0.3, 0.4) is 0 Å². The van der Waals surface area contributed by atoms with Gasteiger partial charge in [-0.25, -0.2) is 9.97 Å². The first-order valence-corrected chi connectivity index (χ1v) is 5.89. The highest BCUT2D eigenvalue weighted by molar-refractivity contribution is 9.10. The molecule has 0 spiro atoms. The van der Waals surface area contributed by atoms with E-state index >= 15 is 0 Å².